The quantitative estimate of drug-likeness (QED) is 0.846. The Morgan fingerprint density at radius 2 is 2.00 bits per heavy atom. The van der Waals surface area contributed by atoms with Crippen molar-refractivity contribution in [1.82, 2.24) is 5.32 Å². The van der Waals surface area contributed by atoms with Crippen LogP contribution in [0.5, 0.6) is 0 Å². The Morgan fingerprint density at radius 3 is 2.55 bits per heavy atom. The Hall–Kier alpha value is -1.21. The van der Waals surface area contributed by atoms with Crippen molar-refractivity contribution < 1.29 is 17.2 Å². The molecule has 1 heterocycles. The number of rotatable bonds is 6. The molecule has 1 fully saturated rings. The molecular formula is C13H18F2N2O2S. The third-order valence-corrected chi connectivity index (χ3v) is 4.80. The van der Waals surface area contributed by atoms with Gasteiger partial charge in [-0.15, -0.1) is 0 Å². The number of sulfone groups is 1. The van der Waals surface area contributed by atoms with Gasteiger partial charge in [-0.1, -0.05) is 0 Å². The van der Waals surface area contributed by atoms with E-state index in [4.69, 9.17) is 0 Å². The predicted octanol–water partition coefficient (Wildman–Crippen LogP) is 2.24. The topological polar surface area (TPSA) is 58.2 Å². The summed E-state index contributed by atoms with van der Waals surface area (Å²) < 4.78 is 47.2. The molecule has 112 valence electrons. The van der Waals surface area contributed by atoms with Gasteiger partial charge in [-0.05, 0) is 50.1 Å². The van der Waals surface area contributed by atoms with Gasteiger partial charge in [-0.25, -0.2) is 8.42 Å². The van der Waals surface area contributed by atoms with Crippen LogP contribution in [0.25, 0.3) is 0 Å². The molecule has 0 aliphatic carbocycles. The second kappa shape index (κ2) is 6.49. The summed E-state index contributed by atoms with van der Waals surface area (Å²) >= 11 is 0. The number of halogens is 2. The second-order valence-corrected chi connectivity index (χ2v) is 6.76. The van der Waals surface area contributed by atoms with Gasteiger partial charge in [-0.2, -0.15) is 8.78 Å². The molecule has 0 radical (unpaired) electrons. The molecule has 2 rings (SSSR count). The van der Waals surface area contributed by atoms with Crippen LogP contribution < -0.4 is 10.6 Å². The maximum Gasteiger partial charge on any atom is 0.341 e. The largest absolute Gasteiger partial charge is 0.385 e. The Kier molecular flexibility index (Phi) is 4.93. The molecule has 0 amide bonds. The van der Waals surface area contributed by atoms with Crippen LogP contribution in [0, 0.1) is 0 Å². The molecular weight excluding hydrogens is 286 g/mol. The summed E-state index contributed by atoms with van der Waals surface area (Å²) in [4.78, 5) is -0.351. The monoisotopic (exact) mass is 304 g/mol. The van der Waals surface area contributed by atoms with E-state index >= 15 is 0 Å². The first kappa shape index (κ1) is 15.2. The summed E-state index contributed by atoms with van der Waals surface area (Å²) in [5.41, 5.74) is 0.733. The first-order chi connectivity index (χ1) is 9.50. The van der Waals surface area contributed by atoms with Crippen molar-refractivity contribution in [2.45, 2.75) is 36.0 Å². The smallest absolute Gasteiger partial charge is 0.341 e. The molecule has 0 aromatic heterocycles. The predicted molar refractivity (Wildman–Crippen MR) is 73.8 cm³/mol. The number of alkyl halides is 2. The maximum absolute atomic E-state index is 12.4. The van der Waals surface area contributed by atoms with Gasteiger partial charge < -0.3 is 10.6 Å². The summed E-state index contributed by atoms with van der Waals surface area (Å²) in [5, 5.41) is 6.54. The third-order valence-electron chi connectivity index (χ3n) is 3.40. The second-order valence-electron chi connectivity index (χ2n) is 4.84. The van der Waals surface area contributed by atoms with Crippen molar-refractivity contribution in [3.63, 3.8) is 0 Å². The minimum Gasteiger partial charge on any atom is -0.385 e. The highest BCUT2D eigenvalue weighted by molar-refractivity contribution is 7.91. The Bertz CT molecular complexity index is 526. The molecule has 7 heteroatoms. The van der Waals surface area contributed by atoms with Crippen molar-refractivity contribution in [3.05, 3.63) is 24.3 Å². The standard InChI is InChI=1S/C13H18F2N2O2S/c14-13(15)20(18,19)12-5-3-11(4-6-12)17-9-7-10-2-1-8-16-10/h3-6,10,13,16-17H,1-2,7-9H2/t10-/m1/s1. The van der Waals surface area contributed by atoms with Gasteiger partial charge in [0, 0.05) is 18.3 Å². The van der Waals surface area contributed by atoms with Crippen LogP contribution in [0.1, 0.15) is 19.3 Å². The lowest BCUT2D eigenvalue weighted by Crippen LogP contribution is -2.24. The Labute approximate surface area is 117 Å². The zero-order chi connectivity index (χ0) is 14.6. The zero-order valence-electron chi connectivity index (χ0n) is 11.0. The highest BCUT2D eigenvalue weighted by Crippen LogP contribution is 2.20. The van der Waals surface area contributed by atoms with Crippen LogP contribution in [0.3, 0.4) is 0 Å². The van der Waals surface area contributed by atoms with E-state index < -0.39 is 15.6 Å². The number of anilines is 1. The van der Waals surface area contributed by atoms with Crippen LogP contribution >= 0.6 is 0 Å². The van der Waals surface area contributed by atoms with E-state index in [2.05, 4.69) is 10.6 Å². The first-order valence-corrected chi connectivity index (χ1v) is 8.14. The van der Waals surface area contributed by atoms with Crippen LogP contribution in [0.15, 0.2) is 29.2 Å². The number of benzene rings is 1. The van der Waals surface area contributed by atoms with Crippen molar-refractivity contribution in [1.29, 1.82) is 0 Å². The minimum absolute atomic E-state index is 0.351. The molecule has 1 aliphatic rings. The molecule has 1 aromatic carbocycles. The average molecular weight is 304 g/mol. The van der Waals surface area contributed by atoms with Crippen LogP contribution in [0.4, 0.5) is 14.5 Å². The van der Waals surface area contributed by atoms with Crippen LogP contribution in [-0.4, -0.2) is 33.3 Å². The van der Waals surface area contributed by atoms with Crippen molar-refractivity contribution in [2.24, 2.45) is 0 Å². The minimum atomic E-state index is -4.50. The van der Waals surface area contributed by atoms with Crippen LogP contribution in [0.2, 0.25) is 0 Å². The van der Waals surface area contributed by atoms with Crippen molar-refractivity contribution in [2.75, 3.05) is 18.4 Å². The third kappa shape index (κ3) is 3.67. The van der Waals surface area contributed by atoms with Gasteiger partial charge in [0.25, 0.3) is 0 Å². The Balaban J connectivity index is 1.88. The van der Waals surface area contributed by atoms with E-state index in [9.17, 15) is 17.2 Å². The van der Waals surface area contributed by atoms with Gasteiger partial charge in [-0.3, -0.25) is 0 Å². The summed E-state index contributed by atoms with van der Waals surface area (Å²) in [6.07, 6.45) is 3.36. The summed E-state index contributed by atoms with van der Waals surface area (Å²) in [7, 11) is -4.50. The molecule has 1 saturated heterocycles. The summed E-state index contributed by atoms with van der Waals surface area (Å²) in [6, 6.07) is 5.96. The lowest BCUT2D eigenvalue weighted by molar-refractivity contribution is 0.234. The van der Waals surface area contributed by atoms with Gasteiger partial charge in [0.05, 0.1) is 4.90 Å². The van der Waals surface area contributed by atoms with E-state index in [0.29, 0.717) is 6.04 Å². The van der Waals surface area contributed by atoms with Crippen LogP contribution in [-0.2, 0) is 9.84 Å². The molecule has 4 nitrogen and oxygen atoms in total. The van der Waals surface area contributed by atoms with E-state index in [1.54, 1.807) is 0 Å². The maximum atomic E-state index is 12.4. The number of hydrogen-bond acceptors (Lipinski definition) is 4. The number of hydrogen-bond donors (Lipinski definition) is 2. The zero-order valence-corrected chi connectivity index (χ0v) is 11.8. The normalized spacial score (nSPS) is 19.4. The molecule has 0 saturated carbocycles. The average Bonchev–Trinajstić information content (AvgIpc) is 2.92. The SMILES string of the molecule is O=S(=O)(c1ccc(NCC[C@H]2CCCN2)cc1)C(F)F. The molecule has 2 N–H and O–H groups in total. The lowest BCUT2D eigenvalue weighted by Gasteiger charge is -2.12. The van der Waals surface area contributed by atoms with E-state index in [1.165, 1.54) is 37.1 Å². The molecule has 0 spiro atoms. The Morgan fingerprint density at radius 1 is 1.30 bits per heavy atom. The van der Waals surface area contributed by atoms with Gasteiger partial charge in [0.15, 0.2) is 0 Å². The van der Waals surface area contributed by atoms with E-state index in [-0.39, 0.29) is 4.90 Å². The van der Waals surface area contributed by atoms with Crippen molar-refractivity contribution >= 4 is 15.5 Å². The summed E-state index contributed by atoms with van der Waals surface area (Å²) in [5.74, 6) is -3.38. The highest BCUT2D eigenvalue weighted by Gasteiger charge is 2.26. The molecule has 1 aliphatic heterocycles. The van der Waals surface area contributed by atoms with Gasteiger partial charge in [0.2, 0.25) is 9.84 Å². The summed E-state index contributed by atoms with van der Waals surface area (Å²) in [6.45, 7) is 1.82. The van der Waals surface area contributed by atoms with Gasteiger partial charge in [0.1, 0.15) is 0 Å². The van der Waals surface area contributed by atoms with E-state index in [0.717, 1.165) is 25.2 Å². The molecule has 0 unspecified atom stereocenters. The van der Waals surface area contributed by atoms with E-state index in [1.807, 2.05) is 0 Å². The van der Waals surface area contributed by atoms with Gasteiger partial charge >= 0.3 is 5.76 Å². The number of nitrogens with one attached hydrogen (secondary N) is 2. The first-order valence-electron chi connectivity index (χ1n) is 6.59. The molecule has 20 heavy (non-hydrogen) atoms. The molecule has 0 bridgehead atoms. The fraction of sp³-hybridized carbons (Fsp3) is 0.538. The molecule has 1 atom stereocenters. The highest BCUT2D eigenvalue weighted by atomic mass is 32.2. The fourth-order valence-corrected chi connectivity index (χ4v) is 2.98. The molecule has 1 aromatic rings. The lowest BCUT2D eigenvalue weighted by atomic mass is 10.1. The fourth-order valence-electron chi connectivity index (χ4n) is 2.26. The van der Waals surface area contributed by atoms with Crippen molar-refractivity contribution in [3.8, 4) is 0 Å².